The van der Waals surface area contributed by atoms with Crippen LogP contribution in [0.3, 0.4) is 0 Å². The van der Waals surface area contributed by atoms with Crippen LogP contribution in [0.25, 0.3) is 0 Å². The molecule has 1 aromatic carbocycles. The van der Waals surface area contributed by atoms with Crippen LogP contribution >= 0.6 is 12.2 Å². The topological polar surface area (TPSA) is 100 Å². The number of carbonyl (C=O) groups excluding carboxylic acids is 1. The van der Waals surface area contributed by atoms with Crippen molar-refractivity contribution >= 4 is 23.3 Å². The zero-order chi connectivity index (χ0) is 19.7. The van der Waals surface area contributed by atoms with Gasteiger partial charge in [0.1, 0.15) is 5.92 Å². The second-order valence-corrected chi connectivity index (χ2v) is 5.91. The van der Waals surface area contributed by atoms with Crippen LogP contribution in [0.5, 0.6) is 11.5 Å². The number of aromatic hydroxyl groups is 1. The molecule has 0 saturated carbocycles. The van der Waals surface area contributed by atoms with E-state index < -0.39 is 34.9 Å². The first-order valence-electron chi connectivity index (χ1n) is 7.46. The van der Waals surface area contributed by atoms with Crippen LogP contribution in [0.1, 0.15) is 18.5 Å². The number of halogens is 3. The van der Waals surface area contributed by atoms with Crippen molar-refractivity contribution in [3.63, 3.8) is 0 Å². The van der Waals surface area contributed by atoms with Crippen LogP contribution < -0.4 is 15.4 Å². The average molecular weight is 394 g/mol. The number of nitrogens with one attached hydrogen (secondary N) is 2. The summed E-state index contributed by atoms with van der Waals surface area (Å²) < 4.78 is 50.4. The molecule has 1 aliphatic heterocycles. The SMILES string of the molecule is CCOC(=O)[C@@H]1[C@@H](c2ccc(O)c(OC)c2)NC(=S)N[C@@]1(O)C(F)(F)F. The van der Waals surface area contributed by atoms with Gasteiger partial charge in [-0.25, -0.2) is 0 Å². The summed E-state index contributed by atoms with van der Waals surface area (Å²) in [6, 6.07) is 2.33. The van der Waals surface area contributed by atoms with E-state index in [1.807, 2.05) is 0 Å². The van der Waals surface area contributed by atoms with E-state index in [-0.39, 0.29) is 23.7 Å². The lowest BCUT2D eigenvalue weighted by Gasteiger charge is -2.45. The van der Waals surface area contributed by atoms with Crippen molar-refractivity contribution in [1.82, 2.24) is 10.6 Å². The molecule has 0 aromatic heterocycles. The number of hydrogen-bond donors (Lipinski definition) is 4. The number of alkyl halides is 3. The molecule has 0 unspecified atom stereocenters. The summed E-state index contributed by atoms with van der Waals surface area (Å²) in [5, 5.41) is 23.8. The zero-order valence-corrected chi connectivity index (χ0v) is 14.6. The van der Waals surface area contributed by atoms with Gasteiger partial charge in [-0.2, -0.15) is 13.2 Å². The molecule has 2 rings (SSSR count). The summed E-state index contributed by atoms with van der Waals surface area (Å²) in [5.74, 6) is -3.64. The fraction of sp³-hybridized carbons (Fsp3) is 0.467. The van der Waals surface area contributed by atoms with Crippen molar-refractivity contribution in [2.75, 3.05) is 13.7 Å². The van der Waals surface area contributed by atoms with E-state index in [2.05, 4.69) is 5.32 Å². The number of hydrogen-bond acceptors (Lipinski definition) is 6. The number of phenols is 1. The van der Waals surface area contributed by atoms with Gasteiger partial charge < -0.3 is 30.3 Å². The molecule has 1 heterocycles. The minimum absolute atomic E-state index is 0.0214. The van der Waals surface area contributed by atoms with Crippen LogP contribution in [0.4, 0.5) is 13.2 Å². The van der Waals surface area contributed by atoms with Crippen LogP contribution in [0.15, 0.2) is 18.2 Å². The number of rotatable bonds is 4. The van der Waals surface area contributed by atoms with Crippen LogP contribution in [-0.2, 0) is 9.53 Å². The first-order valence-corrected chi connectivity index (χ1v) is 7.87. The minimum Gasteiger partial charge on any atom is -0.504 e. The third-order valence-corrected chi connectivity index (χ3v) is 4.13. The molecular weight excluding hydrogens is 377 g/mol. The third-order valence-electron chi connectivity index (χ3n) is 3.91. The molecule has 0 spiro atoms. The van der Waals surface area contributed by atoms with Gasteiger partial charge in [-0.1, -0.05) is 6.07 Å². The van der Waals surface area contributed by atoms with Crippen molar-refractivity contribution < 1.29 is 37.7 Å². The Labute approximate surface area is 152 Å². The molecule has 1 aliphatic rings. The van der Waals surface area contributed by atoms with Gasteiger partial charge in [0.05, 0.1) is 19.8 Å². The molecule has 0 amide bonds. The Balaban J connectivity index is 2.60. The maximum atomic E-state index is 13.6. The second kappa shape index (κ2) is 7.16. The van der Waals surface area contributed by atoms with Crippen molar-refractivity contribution in [3.05, 3.63) is 23.8 Å². The van der Waals surface area contributed by atoms with Crippen molar-refractivity contribution in [2.24, 2.45) is 5.92 Å². The summed E-state index contributed by atoms with van der Waals surface area (Å²) in [4.78, 5) is 12.3. The number of ether oxygens (including phenoxy) is 2. The lowest BCUT2D eigenvalue weighted by Crippen LogP contribution is -2.73. The van der Waals surface area contributed by atoms with E-state index in [9.17, 15) is 28.2 Å². The largest absolute Gasteiger partial charge is 0.504 e. The molecule has 1 aromatic rings. The molecule has 11 heteroatoms. The van der Waals surface area contributed by atoms with Crippen LogP contribution in [0.2, 0.25) is 0 Å². The highest BCUT2D eigenvalue weighted by Crippen LogP contribution is 2.44. The highest BCUT2D eigenvalue weighted by atomic mass is 32.1. The molecule has 144 valence electrons. The lowest BCUT2D eigenvalue weighted by atomic mass is 9.82. The number of esters is 1. The predicted molar refractivity (Wildman–Crippen MR) is 87.4 cm³/mol. The van der Waals surface area contributed by atoms with Crippen LogP contribution in [0, 0.1) is 5.92 Å². The molecule has 26 heavy (non-hydrogen) atoms. The Morgan fingerprint density at radius 2 is 2.08 bits per heavy atom. The molecular formula is C15H17F3N2O5S. The van der Waals surface area contributed by atoms with E-state index in [0.717, 1.165) is 0 Å². The van der Waals surface area contributed by atoms with Gasteiger partial charge in [0.25, 0.3) is 5.72 Å². The van der Waals surface area contributed by atoms with Crippen molar-refractivity contribution in [2.45, 2.75) is 24.9 Å². The number of thiocarbonyl (C=S) groups is 1. The molecule has 1 fully saturated rings. The first kappa shape index (κ1) is 20.0. The summed E-state index contributed by atoms with van der Waals surface area (Å²) in [6.07, 6.45) is -5.23. The number of methoxy groups -OCH3 is 1. The average Bonchev–Trinajstić information content (AvgIpc) is 2.53. The molecule has 0 radical (unpaired) electrons. The maximum Gasteiger partial charge on any atom is 0.437 e. The predicted octanol–water partition coefficient (Wildman–Crippen LogP) is 1.35. The van der Waals surface area contributed by atoms with Gasteiger partial charge in [-0.3, -0.25) is 4.79 Å². The smallest absolute Gasteiger partial charge is 0.437 e. The first-order chi connectivity index (χ1) is 12.0. The van der Waals surface area contributed by atoms with E-state index >= 15 is 0 Å². The van der Waals surface area contributed by atoms with E-state index in [1.54, 1.807) is 5.32 Å². The van der Waals surface area contributed by atoms with Gasteiger partial charge in [0.2, 0.25) is 0 Å². The maximum absolute atomic E-state index is 13.6. The van der Waals surface area contributed by atoms with Gasteiger partial charge in [0.15, 0.2) is 16.6 Å². The van der Waals surface area contributed by atoms with Gasteiger partial charge >= 0.3 is 12.1 Å². The number of benzene rings is 1. The fourth-order valence-electron chi connectivity index (χ4n) is 2.70. The normalized spacial score (nSPS) is 25.8. The Bertz CT molecular complexity index is 715. The van der Waals surface area contributed by atoms with Gasteiger partial charge in [0, 0.05) is 0 Å². The molecule has 1 saturated heterocycles. The Morgan fingerprint density at radius 3 is 2.62 bits per heavy atom. The van der Waals surface area contributed by atoms with Crippen LogP contribution in [-0.4, -0.2) is 46.9 Å². The monoisotopic (exact) mass is 394 g/mol. The summed E-state index contributed by atoms with van der Waals surface area (Å²) in [5.41, 5.74) is -3.51. The molecule has 0 bridgehead atoms. The molecule has 4 N–H and O–H groups in total. The van der Waals surface area contributed by atoms with Gasteiger partial charge in [-0.15, -0.1) is 0 Å². The molecule has 7 nitrogen and oxygen atoms in total. The quantitative estimate of drug-likeness (QED) is 0.449. The molecule has 0 aliphatic carbocycles. The standard InChI is InChI=1S/C15H17F3N2O5S/c1-3-25-12(22)10-11(7-4-5-8(21)9(6-7)24-2)19-13(26)20-14(10,23)15(16,17)18/h4-6,10-11,21,23H,3H2,1-2H3,(H2,19,20,26)/t10-,11+,14-/m0/s1. The fourth-order valence-corrected chi connectivity index (χ4v) is 2.98. The summed E-state index contributed by atoms with van der Waals surface area (Å²) in [6.45, 7) is 1.25. The highest BCUT2D eigenvalue weighted by Gasteiger charge is 2.66. The number of carbonyl (C=O) groups is 1. The van der Waals surface area contributed by atoms with Crippen molar-refractivity contribution in [1.29, 1.82) is 0 Å². The minimum atomic E-state index is -5.23. The Morgan fingerprint density at radius 1 is 1.42 bits per heavy atom. The zero-order valence-electron chi connectivity index (χ0n) is 13.8. The number of phenolic OH excluding ortho intramolecular Hbond substituents is 1. The van der Waals surface area contributed by atoms with Gasteiger partial charge in [-0.05, 0) is 36.8 Å². The van der Waals surface area contributed by atoms with E-state index in [4.69, 9.17) is 21.7 Å². The second-order valence-electron chi connectivity index (χ2n) is 5.50. The van der Waals surface area contributed by atoms with E-state index in [1.165, 1.54) is 32.2 Å². The van der Waals surface area contributed by atoms with E-state index in [0.29, 0.717) is 0 Å². The lowest BCUT2D eigenvalue weighted by molar-refractivity contribution is -0.292. The highest BCUT2D eigenvalue weighted by molar-refractivity contribution is 7.80. The number of aliphatic hydroxyl groups is 1. The third kappa shape index (κ3) is 3.49. The summed E-state index contributed by atoms with van der Waals surface area (Å²) in [7, 11) is 1.26. The Kier molecular flexibility index (Phi) is 5.52. The molecule has 3 atom stereocenters. The Hall–Kier alpha value is -2.27. The van der Waals surface area contributed by atoms with Crippen molar-refractivity contribution in [3.8, 4) is 11.5 Å². The summed E-state index contributed by atoms with van der Waals surface area (Å²) >= 11 is 4.78.